The molecule has 2 unspecified atom stereocenters. The third kappa shape index (κ3) is 3.95. The molecule has 0 spiro atoms. The molecule has 0 aliphatic carbocycles. The van der Waals surface area contributed by atoms with Gasteiger partial charge in [-0.15, -0.1) is 0 Å². The van der Waals surface area contributed by atoms with Crippen LogP contribution in [0.3, 0.4) is 0 Å². The molecule has 0 radical (unpaired) electrons. The second-order valence-electron chi connectivity index (χ2n) is 5.51. The topological polar surface area (TPSA) is 67.2 Å². The number of aliphatic hydroxyl groups excluding tert-OH is 1. The first-order chi connectivity index (χ1) is 10.5. The largest absolute Gasteiger partial charge is 0.391 e. The summed E-state index contributed by atoms with van der Waals surface area (Å²) in [4.78, 5) is 12.3. The lowest BCUT2D eigenvalue weighted by Crippen LogP contribution is -2.42. The van der Waals surface area contributed by atoms with Crippen LogP contribution in [0.2, 0.25) is 0 Å². The molecule has 2 rings (SSSR count). The zero-order valence-electron chi connectivity index (χ0n) is 13.3. The highest BCUT2D eigenvalue weighted by Gasteiger charge is 2.20. The minimum Gasteiger partial charge on any atom is -0.391 e. The van der Waals surface area contributed by atoms with Gasteiger partial charge in [0.15, 0.2) is 0 Å². The molecule has 118 valence electrons. The maximum absolute atomic E-state index is 12.3. The lowest BCUT2D eigenvalue weighted by molar-refractivity contribution is 0.0841. The van der Waals surface area contributed by atoms with Crippen molar-refractivity contribution in [1.82, 2.24) is 15.1 Å². The van der Waals surface area contributed by atoms with Crippen molar-refractivity contribution in [3.63, 3.8) is 0 Å². The Hall–Kier alpha value is -2.14. The second kappa shape index (κ2) is 7.22. The zero-order valence-corrected chi connectivity index (χ0v) is 13.3. The molecule has 5 nitrogen and oxygen atoms in total. The fourth-order valence-electron chi connectivity index (χ4n) is 2.38. The number of benzene rings is 1. The Morgan fingerprint density at radius 3 is 2.68 bits per heavy atom. The van der Waals surface area contributed by atoms with Gasteiger partial charge in [-0.3, -0.25) is 9.48 Å². The van der Waals surface area contributed by atoms with Crippen LogP contribution < -0.4 is 5.32 Å². The van der Waals surface area contributed by atoms with Crippen molar-refractivity contribution < 1.29 is 9.90 Å². The number of amides is 1. The van der Waals surface area contributed by atoms with Gasteiger partial charge in [0.1, 0.15) is 5.69 Å². The van der Waals surface area contributed by atoms with E-state index in [1.807, 2.05) is 51.1 Å². The van der Waals surface area contributed by atoms with E-state index < -0.39 is 6.10 Å². The van der Waals surface area contributed by atoms with Gasteiger partial charge >= 0.3 is 0 Å². The van der Waals surface area contributed by atoms with Gasteiger partial charge in [-0.05, 0) is 32.4 Å². The summed E-state index contributed by atoms with van der Waals surface area (Å²) in [6.07, 6.45) is -0.126. The summed E-state index contributed by atoms with van der Waals surface area (Å²) in [6, 6.07) is 11.2. The summed E-state index contributed by atoms with van der Waals surface area (Å²) >= 11 is 0. The normalized spacial score (nSPS) is 13.6. The first-order valence-corrected chi connectivity index (χ1v) is 7.58. The van der Waals surface area contributed by atoms with Crippen LogP contribution in [0, 0.1) is 6.92 Å². The molecular formula is C17H23N3O2. The molecule has 2 N–H and O–H groups in total. The fourth-order valence-corrected chi connectivity index (χ4v) is 2.38. The monoisotopic (exact) mass is 301 g/mol. The molecule has 22 heavy (non-hydrogen) atoms. The van der Waals surface area contributed by atoms with E-state index in [2.05, 4.69) is 10.4 Å². The lowest BCUT2D eigenvalue weighted by Gasteiger charge is -2.20. The number of nitrogens with one attached hydrogen (secondary N) is 1. The molecule has 0 fully saturated rings. The fraction of sp³-hybridized carbons (Fsp3) is 0.412. The highest BCUT2D eigenvalue weighted by atomic mass is 16.3. The van der Waals surface area contributed by atoms with Crippen molar-refractivity contribution in [2.45, 2.75) is 45.9 Å². The number of aryl methyl sites for hydroxylation is 2. The number of carbonyl (C=O) groups excluding carboxylic acids is 1. The standard InChI is InChI=1S/C17H23N3O2/c1-4-20-15(10-12(2)19-20)17(22)18-13(3)16(21)11-14-8-6-5-7-9-14/h5-10,13,16,21H,4,11H2,1-3H3,(H,18,22). The quantitative estimate of drug-likeness (QED) is 0.857. The van der Waals surface area contributed by atoms with Gasteiger partial charge in [0.25, 0.3) is 5.91 Å². The van der Waals surface area contributed by atoms with Crippen molar-refractivity contribution >= 4 is 5.91 Å². The third-order valence-corrected chi connectivity index (χ3v) is 3.66. The summed E-state index contributed by atoms with van der Waals surface area (Å²) in [7, 11) is 0. The molecule has 1 aromatic heterocycles. The number of aromatic nitrogens is 2. The molecule has 5 heteroatoms. The van der Waals surface area contributed by atoms with Crippen molar-refractivity contribution in [1.29, 1.82) is 0 Å². The van der Waals surface area contributed by atoms with E-state index in [1.165, 1.54) is 0 Å². The molecule has 0 saturated carbocycles. The first kappa shape index (κ1) is 16.2. The predicted octanol–water partition coefficient (Wildman–Crippen LogP) is 1.93. The molecular weight excluding hydrogens is 278 g/mol. The van der Waals surface area contributed by atoms with Crippen LogP contribution in [-0.2, 0) is 13.0 Å². The molecule has 0 aliphatic heterocycles. The third-order valence-electron chi connectivity index (χ3n) is 3.66. The maximum atomic E-state index is 12.3. The second-order valence-corrected chi connectivity index (χ2v) is 5.51. The summed E-state index contributed by atoms with van der Waals surface area (Å²) in [5, 5.41) is 17.4. The minimum atomic E-state index is -0.634. The molecule has 2 atom stereocenters. The van der Waals surface area contributed by atoms with E-state index >= 15 is 0 Å². The van der Waals surface area contributed by atoms with E-state index in [0.717, 1.165) is 11.3 Å². The van der Waals surface area contributed by atoms with E-state index in [4.69, 9.17) is 0 Å². The minimum absolute atomic E-state index is 0.206. The van der Waals surface area contributed by atoms with Gasteiger partial charge in [0.2, 0.25) is 0 Å². The van der Waals surface area contributed by atoms with Crippen molar-refractivity contribution in [3.05, 3.63) is 53.3 Å². The smallest absolute Gasteiger partial charge is 0.269 e. The Bertz CT molecular complexity index is 622. The number of hydrogen-bond acceptors (Lipinski definition) is 3. The Morgan fingerprint density at radius 2 is 2.05 bits per heavy atom. The van der Waals surface area contributed by atoms with Gasteiger partial charge in [-0.1, -0.05) is 30.3 Å². The van der Waals surface area contributed by atoms with Crippen LogP contribution in [0.4, 0.5) is 0 Å². The van der Waals surface area contributed by atoms with E-state index in [-0.39, 0.29) is 11.9 Å². The van der Waals surface area contributed by atoms with E-state index in [0.29, 0.717) is 18.7 Å². The van der Waals surface area contributed by atoms with Crippen LogP contribution in [0.5, 0.6) is 0 Å². The molecule has 0 aliphatic rings. The van der Waals surface area contributed by atoms with E-state index in [1.54, 1.807) is 10.7 Å². The highest BCUT2D eigenvalue weighted by molar-refractivity contribution is 5.92. The maximum Gasteiger partial charge on any atom is 0.269 e. The molecule has 1 aromatic carbocycles. The lowest BCUT2D eigenvalue weighted by atomic mass is 10.0. The number of nitrogens with zero attached hydrogens (tertiary/aromatic N) is 2. The zero-order chi connectivity index (χ0) is 16.1. The van der Waals surface area contributed by atoms with Gasteiger partial charge in [0.05, 0.1) is 17.8 Å². The van der Waals surface area contributed by atoms with Crippen molar-refractivity contribution in [3.8, 4) is 0 Å². The van der Waals surface area contributed by atoms with Gasteiger partial charge in [-0.25, -0.2) is 0 Å². The van der Waals surface area contributed by atoms with Crippen LogP contribution in [0.1, 0.15) is 35.6 Å². The molecule has 0 bridgehead atoms. The van der Waals surface area contributed by atoms with Gasteiger partial charge in [-0.2, -0.15) is 5.10 Å². The van der Waals surface area contributed by atoms with Crippen molar-refractivity contribution in [2.75, 3.05) is 0 Å². The van der Waals surface area contributed by atoms with Crippen LogP contribution in [-0.4, -0.2) is 32.9 Å². The Morgan fingerprint density at radius 1 is 1.36 bits per heavy atom. The predicted molar refractivity (Wildman–Crippen MR) is 85.7 cm³/mol. The SMILES string of the molecule is CCn1nc(C)cc1C(=O)NC(C)C(O)Cc1ccccc1. The summed E-state index contributed by atoms with van der Waals surface area (Å²) in [5.74, 6) is -0.206. The van der Waals surface area contributed by atoms with Crippen molar-refractivity contribution in [2.24, 2.45) is 0 Å². The Labute approximate surface area is 131 Å². The summed E-state index contributed by atoms with van der Waals surface area (Å²) in [6.45, 7) is 6.25. The average Bonchev–Trinajstić information content (AvgIpc) is 2.89. The number of hydrogen-bond donors (Lipinski definition) is 2. The van der Waals surface area contributed by atoms with Gasteiger partial charge < -0.3 is 10.4 Å². The Balaban J connectivity index is 1.98. The van der Waals surface area contributed by atoms with Crippen LogP contribution >= 0.6 is 0 Å². The van der Waals surface area contributed by atoms with Gasteiger partial charge in [0, 0.05) is 13.0 Å². The number of carbonyl (C=O) groups is 1. The molecule has 2 aromatic rings. The number of rotatable bonds is 6. The van der Waals surface area contributed by atoms with Crippen LogP contribution in [0.25, 0.3) is 0 Å². The summed E-state index contributed by atoms with van der Waals surface area (Å²) in [5.41, 5.74) is 2.38. The summed E-state index contributed by atoms with van der Waals surface area (Å²) < 4.78 is 1.67. The molecule has 1 amide bonds. The Kier molecular flexibility index (Phi) is 5.33. The highest BCUT2D eigenvalue weighted by Crippen LogP contribution is 2.08. The van der Waals surface area contributed by atoms with Crippen LogP contribution in [0.15, 0.2) is 36.4 Å². The molecule has 1 heterocycles. The van der Waals surface area contributed by atoms with E-state index in [9.17, 15) is 9.90 Å². The average molecular weight is 301 g/mol. The first-order valence-electron chi connectivity index (χ1n) is 7.58. The molecule has 0 saturated heterocycles. The number of aliphatic hydroxyl groups is 1.